The van der Waals surface area contributed by atoms with Crippen LogP contribution < -0.4 is 9.64 Å². The minimum atomic E-state index is -1.10. The van der Waals surface area contributed by atoms with Crippen molar-refractivity contribution in [1.82, 2.24) is 4.90 Å². The summed E-state index contributed by atoms with van der Waals surface area (Å²) in [5.74, 6) is -1.13. The SMILES string of the molecule is CCOc1ccc([C@H]2[C@@H](N3C(=O)c4ccc([N+](=O)[O-])cc4C3=O)C(=O)N2c2ccc(Br)c(C)c2)cc1. The molecule has 2 aliphatic rings. The summed E-state index contributed by atoms with van der Waals surface area (Å²) >= 11 is 3.47. The van der Waals surface area contributed by atoms with Gasteiger partial charge in [-0.2, -0.15) is 0 Å². The topological polar surface area (TPSA) is 110 Å². The third-order valence-electron chi connectivity index (χ3n) is 6.41. The number of amides is 3. The Hall–Kier alpha value is -4.05. The number of anilines is 1. The maximum absolute atomic E-state index is 13.6. The van der Waals surface area contributed by atoms with E-state index in [0.717, 1.165) is 21.0 Å². The molecule has 2 atom stereocenters. The highest BCUT2D eigenvalue weighted by atomic mass is 79.9. The van der Waals surface area contributed by atoms with Crippen molar-refractivity contribution in [3.8, 4) is 5.75 Å². The standard InChI is InChI=1S/C26H20BrN3O6/c1-3-36-18-8-4-15(5-9-18)22-23(26(33)28(22)16-7-11-21(27)14(2)12-16)29-24(31)19-10-6-17(30(34)35)13-20(19)25(29)32/h4-13,22-23H,3H2,1-2H3/t22-,23+/m0/s1. The van der Waals surface area contributed by atoms with Crippen LogP contribution in [0, 0.1) is 17.0 Å². The molecule has 0 aromatic heterocycles. The van der Waals surface area contributed by atoms with Gasteiger partial charge in [-0.1, -0.05) is 28.1 Å². The number of hydrogen-bond acceptors (Lipinski definition) is 6. The number of imide groups is 1. The molecule has 182 valence electrons. The second-order valence-electron chi connectivity index (χ2n) is 8.50. The van der Waals surface area contributed by atoms with Crippen LogP contribution in [0.5, 0.6) is 5.75 Å². The van der Waals surface area contributed by atoms with Crippen LogP contribution in [0.25, 0.3) is 0 Å². The zero-order valence-corrected chi connectivity index (χ0v) is 20.9. The summed E-state index contributed by atoms with van der Waals surface area (Å²) in [5, 5.41) is 11.2. The normalized spacial score (nSPS) is 18.8. The number of hydrogen-bond donors (Lipinski definition) is 0. The molecule has 1 saturated heterocycles. The number of nitrogens with zero attached hydrogens (tertiary/aromatic N) is 3. The van der Waals surface area contributed by atoms with Gasteiger partial charge in [0.2, 0.25) is 0 Å². The number of aryl methyl sites for hydroxylation is 1. The van der Waals surface area contributed by atoms with Gasteiger partial charge in [0.1, 0.15) is 11.8 Å². The summed E-state index contributed by atoms with van der Waals surface area (Å²) in [6, 6.07) is 14.4. The van der Waals surface area contributed by atoms with Crippen LogP contribution >= 0.6 is 15.9 Å². The maximum Gasteiger partial charge on any atom is 0.270 e. The van der Waals surface area contributed by atoms with Crippen LogP contribution in [0.15, 0.2) is 65.1 Å². The second-order valence-corrected chi connectivity index (χ2v) is 9.36. The number of non-ortho nitro benzene ring substituents is 1. The van der Waals surface area contributed by atoms with Gasteiger partial charge in [-0.05, 0) is 61.4 Å². The Morgan fingerprint density at radius 3 is 2.25 bits per heavy atom. The van der Waals surface area contributed by atoms with Crippen molar-refractivity contribution in [1.29, 1.82) is 0 Å². The van der Waals surface area contributed by atoms with E-state index in [9.17, 15) is 24.5 Å². The molecule has 0 radical (unpaired) electrons. The van der Waals surface area contributed by atoms with Crippen molar-refractivity contribution in [2.45, 2.75) is 25.9 Å². The number of nitro benzene ring substituents is 1. The summed E-state index contributed by atoms with van der Waals surface area (Å²) in [6.07, 6.45) is 0. The molecule has 0 unspecified atom stereocenters. The number of rotatable bonds is 6. The molecule has 3 aromatic carbocycles. The zero-order valence-electron chi connectivity index (χ0n) is 19.3. The van der Waals surface area contributed by atoms with E-state index >= 15 is 0 Å². The fraction of sp³-hybridized carbons (Fsp3) is 0.192. The van der Waals surface area contributed by atoms with E-state index in [0.29, 0.717) is 23.6 Å². The number of β-lactam (4-membered cyclic amide) rings is 1. The molecule has 0 N–H and O–H groups in total. The Morgan fingerprint density at radius 1 is 0.917 bits per heavy atom. The Labute approximate surface area is 214 Å². The van der Waals surface area contributed by atoms with Crippen molar-refractivity contribution in [2.24, 2.45) is 0 Å². The predicted molar refractivity (Wildman–Crippen MR) is 134 cm³/mol. The quantitative estimate of drug-likeness (QED) is 0.189. The van der Waals surface area contributed by atoms with Crippen molar-refractivity contribution in [3.05, 3.63) is 97.5 Å². The van der Waals surface area contributed by atoms with Gasteiger partial charge < -0.3 is 9.64 Å². The highest BCUT2D eigenvalue weighted by molar-refractivity contribution is 9.10. The number of carbonyl (C=O) groups is 3. The molecular weight excluding hydrogens is 530 g/mol. The van der Waals surface area contributed by atoms with E-state index in [1.54, 1.807) is 35.2 Å². The van der Waals surface area contributed by atoms with Gasteiger partial charge >= 0.3 is 0 Å². The number of halogens is 1. The molecule has 36 heavy (non-hydrogen) atoms. The fourth-order valence-corrected chi connectivity index (χ4v) is 4.91. The lowest BCUT2D eigenvalue weighted by molar-refractivity contribution is -0.384. The number of nitro groups is 1. The zero-order chi connectivity index (χ0) is 25.7. The van der Waals surface area contributed by atoms with Gasteiger partial charge in [-0.25, -0.2) is 0 Å². The first-order valence-electron chi connectivity index (χ1n) is 11.2. The smallest absolute Gasteiger partial charge is 0.270 e. The van der Waals surface area contributed by atoms with Crippen LogP contribution in [0.3, 0.4) is 0 Å². The molecule has 2 heterocycles. The monoisotopic (exact) mass is 549 g/mol. The van der Waals surface area contributed by atoms with Gasteiger partial charge in [-0.15, -0.1) is 0 Å². The van der Waals surface area contributed by atoms with Gasteiger partial charge in [0.15, 0.2) is 0 Å². The first-order chi connectivity index (χ1) is 17.2. The average Bonchev–Trinajstić information content (AvgIpc) is 3.10. The number of benzene rings is 3. The molecule has 1 fully saturated rings. The summed E-state index contributed by atoms with van der Waals surface area (Å²) < 4.78 is 6.41. The molecular formula is C26H20BrN3O6. The Morgan fingerprint density at radius 2 is 1.61 bits per heavy atom. The van der Waals surface area contributed by atoms with Gasteiger partial charge in [0.25, 0.3) is 23.4 Å². The van der Waals surface area contributed by atoms with Crippen LogP contribution in [0.2, 0.25) is 0 Å². The molecule has 0 aliphatic carbocycles. The largest absolute Gasteiger partial charge is 0.494 e. The van der Waals surface area contributed by atoms with E-state index in [1.807, 2.05) is 26.0 Å². The number of carbonyl (C=O) groups excluding carboxylic acids is 3. The molecule has 5 rings (SSSR count). The van der Waals surface area contributed by atoms with E-state index in [1.165, 1.54) is 12.1 Å². The van der Waals surface area contributed by atoms with Crippen molar-refractivity contribution in [3.63, 3.8) is 0 Å². The van der Waals surface area contributed by atoms with Crippen LogP contribution in [0.1, 0.15) is 44.8 Å². The lowest BCUT2D eigenvalue weighted by Gasteiger charge is -2.49. The van der Waals surface area contributed by atoms with Gasteiger partial charge in [0, 0.05) is 22.3 Å². The maximum atomic E-state index is 13.6. The lowest BCUT2D eigenvalue weighted by Crippen LogP contribution is -2.67. The van der Waals surface area contributed by atoms with Crippen LogP contribution in [-0.4, -0.2) is 40.2 Å². The average molecular weight is 550 g/mol. The number of ether oxygens (including phenoxy) is 1. The first-order valence-corrected chi connectivity index (χ1v) is 12.0. The summed E-state index contributed by atoms with van der Waals surface area (Å²) in [6.45, 7) is 4.27. The second kappa shape index (κ2) is 8.87. The lowest BCUT2D eigenvalue weighted by atomic mass is 9.86. The van der Waals surface area contributed by atoms with Crippen LogP contribution in [-0.2, 0) is 4.79 Å². The summed E-state index contributed by atoms with van der Waals surface area (Å²) in [5.41, 5.74) is 1.93. The summed E-state index contributed by atoms with van der Waals surface area (Å²) in [7, 11) is 0. The molecule has 9 nitrogen and oxygen atoms in total. The van der Waals surface area contributed by atoms with Crippen molar-refractivity contribution < 1.29 is 24.0 Å². The van der Waals surface area contributed by atoms with E-state index in [-0.39, 0.29) is 16.8 Å². The highest BCUT2D eigenvalue weighted by Crippen LogP contribution is 2.45. The first kappa shape index (κ1) is 23.7. The van der Waals surface area contributed by atoms with Crippen molar-refractivity contribution >= 4 is 45.0 Å². The van der Waals surface area contributed by atoms with Gasteiger partial charge in [-0.3, -0.25) is 29.4 Å². The van der Waals surface area contributed by atoms with Gasteiger partial charge in [0.05, 0.1) is 28.7 Å². The highest BCUT2D eigenvalue weighted by Gasteiger charge is 2.57. The predicted octanol–water partition coefficient (Wildman–Crippen LogP) is 4.82. The molecule has 3 aromatic rings. The molecule has 10 heteroatoms. The minimum Gasteiger partial charge on any atom is -0.494 e. The van der Waals surface area contributed by atoms with E-state index < -0.39 is 34.7 Å². The molecule has 2 aliphatic heterocycles. The van der Waals surface area contributed by atoms with E-state index in [4.69, 9.17) is 4.74 Å². The molecule has 0 bridgehead atoms. The Balaban J connectivity index is 1.57. The van der Waals surface area contributed by atoms with E-state index in [2.05, 4.69) is 15.9 Å². The molecule has 3 amide bonds. The summed E-state index contributed by atoms with van der Waals surface area (Å²) in [4.78, 5) is 53.2. The fourth-order valence-electron chi connectivity index (χ4n) is 4.66. The molecule has 0 saturated carbocycles. The third kappa shape index (κ3) is 3.65. The molecule has 0 spiro atoms. The van der Waals surface area contributed by atoms with Crippen molar-refractivity contribution in [2.75, 3.05) is 11.5 Å². The van der Waals surface area contributed by atoms with Crippen LogP contribution in [0.4, 0.5) is 11.4 Å². The Kier molecular flexibility index (Phi) is 5.83. The third-order valence-corrected chi connectivity index (χ3v) is 7.30. The Bertz CT molecular complexity index is 1440. The minimum absolute atomic E-state index is 0.0433. The number of fused-ring (bicyclic) bond motifs is 1.